The predicted octanol–water partition coefficient (Wildman–Crippen LogP) is 4.59. The first kappa shape index (κ1) is 20.1. The number of para-hydroxylation sites is 2. The number of aromatic amines is 1. The highest BCUT2D eigenvalue weighted by molar-refractivity contribution is 7.99. The fraction of sp³-hybridized carbons (Fsp3) is 0.350. The average molecular weight is 402 g/mol. The third kappa shape index (κ3) is 3.80. The van der Waals surface area contributed by atoms with Crippen LogP contribution in [0.5, 0.6) is 0 Å². The van der Waals surface area contributed by atoms with E-state index in [2.05, 4.69) is 9.97 Å². The Morgan fingerprint density at radius 1 is 1.36 bits per heavy atom. The van der Waals surface area contributed by atoms with Crippen molar-refractivity contribution < 1.29 is 8.78 Å². The monoisotopic (exact) mass is 402 g/mol. The van der Waals surface area contributed by atoms with Crippen molar-refractivity contribution in [1.82, 2.24) is 14.5 Å². The third-order valence-corrected chi connectivity index (χ3v) is 5.73. The van der Waals surface area contributed by atoms with Gasteiger partial charge in [-0.15, -0.1) is 11.8 Å². The number of rotatable bonds is 7. The molecule has 1 N–H and O–H groups in total. The molecule has 0 unspecified atom stereocenters. The lowest BCUT2D eigenvalue weighted by atomic mass is 10.0. The van der Waals surface area contributed by atoms with Gasteiger partial charge in [-0.3, -0.25) is 4.57 Å². The van der Waals surface area contributed by atoms with Crippen molar-refractivity contribution in [2.75, 3.05) is 5.75 Å². The standard InChI is InChI=1S/C20H20F2N4OS/c1-3-14-12(2)17(18(21)22)13(11-23)19(24-14)28-10-6-9-26-16-8-5-4-7-15(16)25-20(26)27/h4-5,7-8,18H,3,6,9-10H2,1-2H3,(H,25,27). The minimum Gasteiger partial charge on any atom is -0.306 e. The van der Waals surface area contributed by atoms with Crippen molar-refractivity contribution in [2.45, 2.75) is 44.7 Å². The van der Waals surface area contributed by atoms with E-state index in [9.17, 15) is 18.8 Å². The van der Waals surface area contributed by atoms with Crippen LogP contribution < -0.4 is 5.69 Å². The summed E-state index contributed by atoms with van der Waals surface area (Å²) in [6.07, 6.45) is -1.56. The maximum absolute atomic E-state index is 13.5. The number of H-pyrrole nitrogens is 1. The maximum Gasteiger partial charge on any atom is 0.326 e. The van der Waals surface area contributed by atoms with Gasteiger partial charge in [-0.25, -0.2) is 18.6 Å². The summed E-state index contributed by atoms with van der Waals surface area (Å²) in [4.78, 5) is 19.4. The average Bonchev–Trinajstić information content (AvgIpc) is 3.00. The topological polar surface area (TPSA) is 74.5 Å². The molecule has 0 saturated heterocycles. The quantitative estimate of drug-likeness (QED) is 0.463. The summed E-state index contributed by atoms with van der Waals surface area (Å²) in [5.41, 5.74) is 2.15. The van der Waals surface area contributed by atoms with Crippen LogP contribution in [0.25, 0.3) is 11.0 Å². The van der Waals surface area contributed by atoms with Crippen molar-refractivity contribution in [3.63, 3.8) is 0 Å². The van der Waals surface area contributed by atoms with E-state index in [-0.39, 0.29) is 16.8 Å². The van der Waals surface area contributed by atoms with Crippen molar-refractivity contribution in [3.05, 3.63) is 57.1 Å². The minimum atomic E-state index is -2.72. The molecule has 8 heteroatoms. The summed E-state index contributed by atoms with van der Waals surface area (Å²) >= 11 is 1.28. The number of nitrogens with zero attached hydrogens (tertiary/aromatic N) is 3. The lowest BCUT2D eigenvalue weighted by Gasteiger charge is -2.14. The number of aryl methyl sites for hydroxylation is 2. The number of nitriles is 1. The zero-order valence-corrected chi connectivity index (χ0v) is 16.4. The molecular weight excluding hydrogens is 382 g/mol. The SMILES string of the molecule is CCc1nc(SCCCn2c(=O)[nH]c3ccccc32)c(C#N)c(C(F)F)c1C. The van der Waals surface area contributed by atoms with Gasteiger partial charge in [0.25, 0.3) is 6.43 Å². The van der Waals surface area contributed by atoms with Crippen LogP contribution in [0.15, 0.2) is 34.1 Å². The number of pyridine rings is 1. The Morgan fingerprint density at radius 3 is 2.79 bits per heavy atom. The van der Waals surface area contributed by atoms with Crippen LogP contribution in [0.2, 0.25) is 0 Å². The number of imidazole rings is 1. The Bertz CT molecular complexity index is 1100. The largest absolute Gasteiger partial charge is 0.326 e. The second-order valence-corrected chi connectivity index (χ2v) is 7.43. The predicted molar refractivity (Wildman–Crippen MR) is 106 cm³/mol. The van der Waals surface area contributed by atoms with Crippen molar-refractivity contribution in [2.24, 2.45) is 0 Å². The highest BCUT2D eigenvalue weighted by atomic mass is 32.2. The molecule has 0 spiro atoms. The van der Waals surface area contributed by atoms with Crippen molar-refractivity contribution >= 4 is 22.8 Å². The molecule has 2 heterocycles. The normalized spacial score (nSPS) is 11.3. The van der Waals surface area contributed by atoms with Gasteiger partial charge in [-0.1, -0.05) is 19.1 Å². The van der Waals surface area contributed by atoms with Gasteiger partial charge in [-0.05, 0) is 37.5 Å². The van der Waals surface area contributed by atoms with E-state index < -0.39 is 6.43 Å². The van der Waals surface area contributed by atoms with E-state index in [1.165, 1.54) is 11.8 Å². The molecule has 0 atom stereocenters. The number of halogens is 2. The summed E-state index contributed by atoms with van der Waals surface area (Å²) in [5.74, 6) is 0.558. The summed E-state index contributed by atoms with van der Waals surface area (Å²) < 4.78 is 28.7. The summed E-state index contributed by atoms with van der Waals surface area (Å²) in [7, 11) is 0. The summed E-state index contributed by atoms with van der Waals surface area (Å²) in [6.45, 7) is 3.94. The van der Waals surface area contributed by atoms with Crippen molar-refractivity contribution in [1.29, 1.82) is 5.26 Å². The van der Waals surface area contributed by atoms with Gasteiger partial charge in [0.15, 0.2) is 0 Å². The fourth-order valence-corrected chi connectivity index (χ4v) is 4.21. The van der Waals surface area contributed by atoms with E-state index in [1.54, 1.807) is 11.5 Å². The van der Waals surface area contributed by atoms with Gasteiger partial charge in [0.1, 0.15) is 11.1 Å². The first-order chi connectivity index (χ1) is 13.5. The zero-order valence-electron chi connectivity index (χ0n) is 15.6. The lowest BCUT2D eigenvalue weighted by Crippen LogP contribution is -2.17. The van der Waals surface area contributed by atoms with E-state index in [1.807, 2.05) is 37.3 Å². The Labute approximate surface area is 165 Å². The number of aromatic nitrogens is 3. The number of benzene rings is 1. The molecule has 0 radical (unpaired) electrons. The molecule has 0 saturated carbocycles. The summed E-state index contributed by atoms with van der Waals surface area (Å²) in [6, 6.07) is 9.35. The van der Waals surface area contributed by atoms with Crippen LogP contribution in [0.3, 0.4) is 0 Å². The molecule has 28 heavy (non-hydrogen) atoms. The number of hydrogen-bond donors (Lipinski definition) is 1. The first-order valence-electron chi connectivity index (χ1n) is 8.99. The van der Waals surface area contributed by atoms with Crippen LogP contribution in [0.1, 0.15) is 42.2 Å². The molecule has 0 bridgehead atoms. The van der Waals surface area contributed by atoms with Gasteiger partial charge < -0.3 is 4.98 Å². The number of hydrogen-bond acceptors (Lipinski definition) is 4. The zero-order chi connectivity index (χ0) is 20.3. The van der Waals surface area contributed by atoms with Crippen LogP contribution in [-0.2, 0) is 13.0 Å². The van der Waals surface area contributed by atoms with Gasteiger partial charge >= 0.3 is 5.69 Å². The van der Waals surface area contributed by atoms with Crippen molar-refractivity contribution in [3.8, 4) is 6.07 Å². The molecular formula is C20H20F2N4OS. The molecule has 0 fully saturated rings. The van der Waals surface area contributed by atoms with Crippen LogP contribution in [0.4, 0.5) is 8.78 Å². The van der Waals surface area contributed by atoms with E-state index in [0.717, 1.165) is 11.0 Å². The van der Waals surface area contributed by atoms with Gasteiger partial charge in [0.05, 0.1) is 16.6 Å². The Hall–Kier alpha value is -2.66. The molecule has 3 rings (SSSR count). The molecule has 5 nitrogen and oxygen atoms in total. The molecule has 2 aromatic heterocycles. The number of fused-ring (bicyclic) bond motifs is 1. The second kappa shape index (κ2) is 8.57. The fourth-order valence-electron chi connectivity index (χ4n) is 3.27. The second-order valence-electron chi connectivity index (χ2n) is 6.34. The van der Waals surface area contributed by atoms with Crippen LogP contribution in [-0.4, -0.2) is 20.3 Å². The van der Waals surface area contributed by atoms with E-state index in [4.69, 9.17) is 0 Å². The molecule has 146 valence electrons. The maximum atomic E-state index is 13.5. The summed E-state index contributed by atoms with van der Waals surface area (Å²) in [5, 5.41) is 9.75. The molecule has 0 amide bonds. The molecule has 3 aromatic rings. The number of nitrogens with one attached hydrogen (secondary N) is 1. The van der Waals surface area contributed by atoms with Crippen LogP contribution in [0, 0.1) is 18.3 Å². The van der Waals surface area contributed by atoms with E-state index in [0.29, 0.717) is 41.4 Å². The third-order valence-electron chi connectivity index (χ3n) is 4.67. The Morgan fingerprint density at radius 2 is 2.11 bits per heavy atom. The molecule has 1 aromatic carbocycles. The highest BCUT2D eigenvalue weighted by Gasteiger charge is 2.23. The number of thioether (sulfide) groups is 1. The smallest absolute Gasteiger partial charge is 0.306 e. The minimum absolute atomic E-state index is 0.0426. The number of alkyl halides is 2. The van der Waals surface area contributed by atoms with Gasteiger partial charge in [-0.2, -0.15) is 5.26 Å². The Balaban J connectivity index is 1.78. The van der Waals surface area contributed by atoms with Gasteiger partial charge in [0.2, 0.25) is 0 Å². The van der Waals surface area contributed by atoms with E-state index >= 15 is 0 Å². The molecule has 0 aliphatic carbocycles. The van der Waals surface area contributed by atoms with Gasteiger partial charge in [0, 0.05) is 23.6 Å². The highest BCUT2D eigenvalue weighted by Crippen LogP contribution is 2.33. The Kier molecular flexibility index (Phi) is 6.15. The first-order valence-corrected chi connectivity index (χ1v) is 9.98. The molecule has 0 aliphatic rings. The lowest BCUT2D eigenvalue weighted by molar-refractivity contribution is 0.149. The van der Waals surface area contributed by atoms with Crippen LogP contribution >= 0.6 is 11.8 Å². The molecule has 0 aliphatic heterocycles.